The van der Waals surface area contributed by atoms with E-state index in [4.69, 9.17) is 0 Å². The molecule has 128 valence electrons. The van der Waals surface area contributed by atoms with Crippen molar-refractivity contribution in [2.75, 3.05) is 0 Å². The molecule has 0 radical (unpaired) electrons. The average molecular weight is 340 g/mol. The van der Waals surface area contributed by atoms with Crippen molar-refractivity contribution in [1.29, 1.82) is 0 Å². The van der Waals surface area contributed by atoms with Crippen molar-refractivity contribution in [3.05, 3.63) is 23.0 Å². The normalized spacial score (nSPS) is 21.3. The number of alkyl halides is 3. The maximum Gasteiger partial charge on any atom is 0.534 e. The zero-order valence-electron chi connectivity index (χ0n) is 13.4. The summed E-state index contributed by atoms with van der Waals surface area (Å²) in [5.41, 5.74) is -3.96. The molecule has 0 aromatic rings. The van der Waals surface area contributed by atoms with Crippen molar-refractivity contribution in [1.82, 2.24) is 0 Å². The lowest BCUT2D eigenvalue weighted by Gasteiger charge is -2.37. The van der Waals surface area contributed by atoms with Crippen LogP contribution in [0.4, 0.5) is 13.2 Å². The SMILES string of the molecule is CC.CC1(C)CCCC2=C(OS(=O)(=O)C(F)(F)F)CCC=C21. The van der Waals surface area contributed by atoms with Crippen molar-refractivity contribution in [3.8, 4) is 0 Å². The molecule has 0 aromatic heterocycles. The fourth-order valence-corrected chi connectivity index (χ4v) is 3.39. The number of hydrogen-bond acceptors (Lipinski definition) is 3. The van der Waals surface area contributed by atoms with Gasteiger partial charge in [0.1, 0.15) is 5.76 Å². The molecule has 0 atom stereocenters. The predicted molar refractivity (Wildman–Crippen MR) is 79.4 cm³/mol. The second-order valence-electron chi connectivity index (χ2n) is 5.78. The highest BCUT2D eigenvalue weighted by Crippen LogP contribution is 2.47. The number of fused-ring (bicyclic) bond motifs is 1. The maximum absolute atomic E-state index is 12.4. The number of rotatable bonds is 2. The van der Waals surface area contributed by atoms with Crippen LogP contribution < -0.4 is 0 Å². The van der Waals surface area contributed by atoms with Gasteiger partial charge in [0.2, 0.25) is 0 Å². The third-order valence-corrected chi connectivity index (χ3v) is 4.82. The van der Waals surface area contributed by atoms with Crippen LogP contribution in [0, 0.1) is 5.41 Å². The third kappa shape index (κ3) is 3.86. The molecule has 1 saturated carbocycles. The Morgan fingerprint density at radius 3 is 2.32 bits per heavy atom. The van der Waals surface area contributed by atoms with Crippen molar-refractivity contribution in [2.24, 2.45) is 5.41 Å². The lowest BCUT2D eigenvalue weighted by molar-refractivity contribution is -0.0524. The van der Waals surface area contributed by atoms with Crippen molar-refractivity contribution >= 4 is 10.1 Å². The van der Waals surface area contributed by atoms with Crippen LogP contribution in [0.3, 0.4) is 0 Å². The summed E-state index contributed by atoms with van der Waals surface area (Å²) in [4.78, 5) is 0. The Labute approximate surface area is 130 Å². The fourth-order valence-electron chi connectivity index (χ4n) is 2.84. The molecule has 1 fully saturated rings. The minimum absolute atomic E-state index is 0.0346. The van der Waals surface area contributed by atoms with Crippen LogP contribution in [0.2, 0.25) is 0 Å². The molecule has 0 N–H and O–H groups in total. The fraction of sp³-hybridized carbons (Fsp3) is 0.733. The molecule has 2 aliphatic carbocycles. The van der Waals surface area contributed by atoms with Gasteiger partial charge in [-0.05, 0) is 42.2 Å². The van der Waals surface area contributed by atoms with Crippen LogP contribution in [0.1, 0.15) is 59.8 Å². The number of allylic oxidation sites excluding steroid dienone is 4. The first kappa shape index (κ1) is 19.1. The molecule has 0 aromatic carbocycles. The summed E-state index contributed by atoms with van der Waals surface area (Å²) >= 11 is 0. The van der Waals surface area contributed by atoms with Gasteiger partial charge in [-0.15, -0.1) is 0 Å². The molecule has 0 heterocycles. The molecular formula is C15H23F3O3S. The van der Waals surface area contributed by atoms with E-state index in [1.54, 1.807) is 0 Å². The molecule has 3 nitrogen and oxygen atoms in total. The molecule has 0 saturated heterocycles. The molecule has 22 heavy (non-hydrogen) atoms. The van der Waals surface area contributed by atoms with Gasteiger partial charge in [0.05, 0.1) is 0 Å². The van der Waals surface area contributed by atoms with E-state index < -0.39 is 15.6 Å². The van der Waals surface area contributed by atoms with Gasteiger partial charge < -0.3 is 4.18 Å². The molecule has 0 bridgehead atoms. The van der Waals surface area contributed by atoms with E-state index in [1.807, 2.05) is 33.8 Å². The zero-order valence-corrected chi connectivity index (χ0v) is 14.2. The summed E-state index contributed by atoms with van der Waals surface area (Å²) in [5, 5.41) is 0. The van der Waals surface area contributed by atoms with Crippen LogP contribution in [0.15, 0.2) is 23.0 Å². The topological polar surface area (TPSA) is 43.4 Å². The van der Waals surface area contributed by atoms with Gasteiger partial charge in [0.15, 0.2) is 0 Å². The first-order valence-electron chi connectivity index (χ1n) is 7.48. The summed E-state index contributed by atoms with van der Waals surface area (Å²) in [5.74, 6) is -0.0346. The van der Waals surface area contributed by atoms with Gasteiger partial charge in [-0.2, -0.15) is 21.6 Å². The van der Waals surface area contributed by atoms with Gasteiger partial charge >= 0.3 is 15.6 Å². The van der Waals surface area contributed by atoms with Crippen LogP contribution >= 0.6 is 0 Å². The standard InChI is InChI=1S/C13H17F3O3S.C2H6/c1-12(2)8-4-5-9-10(12)6-3-7-11(9)19-20(17,18)13(14,15)16;1-2/h6H,3-5,7-8H2,1-2H3;1-2H3. The lowest BCUT2D eigenvalue weighted by Crippen LogP contribution is -2.28. The average Bonchev–Trinajstić information content (AvgIpc) is 2.40. The van der Waals surface area contributed by atoms with Crippen LogP contribution in [-0.2, 0) is 14.3 Å². The quantitative estimate of drug-likeness (QED) is 0.521. The highest BCUT2D eigenvalue weighted by molar-refractivity contribution is 7.87. The third-order valence-electron chi connectivity index (χ3n) is 3.83. The number of hydrogen-bond donors (Lipinski definition) is 0. The molecule has 0 spiro atoms. The Kier molecular flexibility index (Phi) is 5.76. The van der Waals surface area contributed by atoms with E-state index in [-0.39, 0.29) is 17.6 Å². The molecule has 2 rings (SSSR count). The van der Waals surface area contributed by atoms with E-state index in [0.29, 0.717) is 18.4 Å². The van der Waals surface area contributed by atoms with Gasteiger partial charge in [0, 0.05) is 6.42 Å². The monoisotopic (exact) mass is 340 g/mol. The van der Waals surface area contributed by atoms with Crippen molar-refractivity contribution < 1.29 is 25.8 Å². The Morgan fingerprint density at radius 1 is 1.18 bits per heavy atom. The summed E-state index contributed by atoms with van der Waals surface area (Å²) < 4.78 is 63.9. The molecule has 0 amide bonds. The van der Waals surface area contributed by atoms with E-state index in [2.05, 4.69) is 4.18 Å². The van der Waals surface area contributed by atoms with Crippen molar-refractivity contribution in [3.63, 3.8) is 0 Å². The lowest BCUT2D eigenvalue weighted by atomic mass is 9.68. The summed E-state index contributed by atoms with van der Waals surface area (Å²) in [6.45, 7) is 8.03. The first-order chi connectivity index (χ1) is 10.0. The van der Waals surface area contributed by atoms with Crippen LogP contribution in [0.5, 0.6) is 0 Å². The highest BCUT2D eigenvalue weighted by atomic mass is 32.2. The van der Waals surface area contributed by atoms with E-state index in [9.17, 15) is 21.6 Å². The summed E-state index contributed by atoms with van der Waals surface area (Å²) in [6.07, 6.45) is 5.01. The highest BCUT2D eigenvalue weighted by Gasteiger charge is 2.49. The second-order valence-corrected chi connectivity index (χ2v) is 7.32. The second kappa shape index (κ2) is 6.64. The Balaban J connectivity index is 0.00000116. The smallest absolute Gasteiger partial charge is 0.380 e. The largest absolute Gasteiger partial charge is 0.534 e. The molecule has 2 aliphatic rings. The van der Waals surface area contributed by atoms with E-state index in [1.165, 1.54) is 0 Å². The van der Waals surface area contributed by atoms with Gasteiger partial charge in [0.25, 0.3) is 0 Å². The Morgan fingerprint density at radius 2 is 1.77 bits per heavy atom. The maximum atomic E-state index is 12.4. The zero-order chi connectivity index (χ0) is 17.2. The minimum Gasteiger partial charge on any atom is -0.380 e. The first-order valence-corrected chi connectivity index (χ1v) is 8.89. The molecule has 7 heteroatoms. The van der Waals surface area contributed by atoms with Crippen molar-refractivity contribution in [2.45, 2.75) is 65.3 Å². The number of halogens is 3. The van der Waals surface area contributed by atoms with Gasteiger partial charge in [-0.1, -0.05) is 33.8 Å². The molecule has 0 aliphatic heterocycles. The summed E-state index contributed by atoms with van der Waals surface area (Å²) in [6, 6.07) is 0. The minimum atomic E-state index is -5.57. The van der Waals surface area contributed by atoms with Crippen LogP contribution in [0.25, 0.3) is 0 Å². The summed E-state index contributed by atoms with van der Waals surface area (Å²) in [7, 11) is -5.57. The predicted octanol–water partition coefficient (Wildman–Crippen LogP) is 5.06. The van der Waals surface area contributed by atoms with Gasteiger partial charge in [-0.3, -0.25) is 0 Å². The Hall–Kier alpha value is -0.980. The van der Waals surface area contributed by atoms with Gasteiger partial charge in [-0.25, -0.2) is 0 Å². The van der Waals surface area contributed by atoms with Crippen LogP contribution in [-0.4, -0.2) is 13.9 Å². The van der Waals surface area contributed by atoms with E-state index in [0.717, 1.165) is 18.4 Å². The molecule has 0 unspecified atom stereocenters. The molecular weight excluding hydrogens is 317 g/mol. The Bertz CT molecular complexity index is 569. The van der Waals surface area contributed by atoms with E-state index >= 15 is 0 Å².